The van der Waals surface area contributed by atoms with Crippen molar-refractivity contribution >= 4 is 29.1 Å². The highest BCUT2D eigenvalue weighted by molar-refractivity contribution is 6.00. The van der Waals surface area contributed by atoms with Crippen LogP contribution in [0.2, 0.25) is 0 Å². The molecule has 2 aromatic rings. The van der Waals surface area contributed by atoms with Crippen LogP contribution >= 0.6 is 0 Å². The molecule has 5 rings (SSSR count). The van der Waals surface area contributed by atoms with Crippen LogP contribution in [0.15, 0.2) is 48.5 Å². The summed E-state index contributed by atoms with van der Waals surface area (Å²) in [7, 11) is 0. The molecule has 0 unspecified atom stereocenters. The van der Waals surface area contributed by atoms with Crippen LogP contribution in [-0.4, -0.2) is 60.9 Å². The molecule has 0 spiro atoms. The monoisotopic (exact) mass is 545 g/mol. The Morgan fingerprint density at radius 3 is 2.33 bits per heavy atom. The highest BCUT2D eigenvalue weighted by Gasteiger charge is 2.29. The number of nitrogens with zero attached hydrogens (tertiary/aromatic N) is 2. The van der Waals surface area contributed by atoms with E-state index < -0.39 is 0 Å². The summed E-state index contributed by atoms with van der Waals surface area (Å²) in [5, 5.41) is 6.27. The Balaban J connectivity index is 1.32. The van der Waals surface area contributed by atoms with E-state index in [-0.39, 0.29) is 36.2 Å². The van der Waals surface area contributed by atoms with E-state index in [2.05, 4.69) is 15.5 Å². The van der Waals surface area contributed by atoms with Gasteiger partial charge < -0.3 is 26.2 Å². The molecule has 1 heterocycles. The molecule has 3 amide bonds. The van der Waals surface area contributed by atoms with Crippen molar-refractivity contribution < 1.29 is 14.4 Å². The molecule has 0 aromatic heterocycles. The van der Waals surface area contributed by atoms with Crippen LogP contribution in [0.3, 0.4) is 0 Å². The van der Waals surface area contributed by atoms with Gasteiger partial charge in [-0.15, -0.1) is 0 Å². The summed E-state index contributed by atoms with van der Waals surface area (Å²) in [6.45, 7) is 2.89. The van der Waals surface area contributed by atoms with Gasteiger partial charge in [-0.1, -0.05) is 43.2 Å². The fraction of sp³-hybridized carbons (Fsp3) is 0.531. The highest BCUT2D eigenvalue weighted by atomic mass is 16.2. The van der Waals surface area contributed by atoms with Gasteiger partial charge in [0, 0.05) is 49.7 Å². The third-order valence-corrected chi connectivity index (χ3v) is 8.70. The first-order valence-electron chi connectivity index (χ1n) is 15.0. The molecule has 40 heavy (non-hydrogen) atoms. The highest BCUT2D eigenvalue weighted by Crippen LogP contribution is 2.31. The van der Waals surface area contributed by atoms with Crippen LogP contribution in [0.25, 0.3) is 0 Å². The molecule has 1 aliphatic heterocycles. The van der Waals surface area contributed by atoms with Crippen molar-refractivity contribution in [1.29, 1.82) is 0 Å². The first kappa shape index (κ1) is 28.1. The fourth-order valence-corrected chi connectivity index (χ4v) is 6.37. The van der Waals surface area contributed by atoms with E-state index in [0.29, 0.717) is 30.2 Å². The Morgan fingerprint density at radius 1 is 0.825 bits per heavy atom. The van der Waals surface area contributed by atoms with Crippen LogP contribution in [0.4, 0.5) is 11.4 Å². The second-order valence-corrected chi connectivity index (χ2v) is 11.7. The number of hydrogen-bond acceptors (Lipinski definition) is 5. The van der Waals surface area contributed by atoms with Crippen LogP contribution < -0.4 is 21.3 Å². The molecule has 8 nitrogen and oxygen atoms in total. The molecule has 3 aliphatic rings. The van der Waals surface area contributed by atoms with Gasteiger partial charge in [0.15, 0.2) is 0 Å². The van der Waals surface area contributed by atoms with Gasteiger partial charge in [0.05, 0.1) is 17.8 Å². The van der Waals surface area contributed by atoms with E-state index in [4.69, 9.17) is 5.73 Å². The van der Waals surface area contributed by atoms with Gasteiger partial charge in [-0.05, 0) is 68.7 Å². The average molecular weight is 546 g/mol. The lowest BCUT2D eigenvalue weighted by Gasteiger charge is -2.28. The Kier molecular flexibility index (Phi) is 9.37. The van der Waals surface area contributed by atoms with Gasteiger partial charge in [0.1, 0.15) is 0 Å². The molecule has 3 fully saturated rings. The number of benzene rings is 2. The Hall–Kier alpha value is -3.39. The zero-order chi connectivity index (χ0) is 27.9. The smallest absolute Gasteiger partial charge is 0.251 e. The maximum absolute atomic E-state index is 13.2. The lowest BCUT2D eigenvalue weighted by molar-refractivity contribution is -0.135. The number of rotatable bonds is 7. The van der Waals surface area contributed by atoms with Crippen molar-refractivity contribution in [3.63, 3.8) is 0 Å². The Bertz CT molecular complexity index is 1170. The molecule has 2 aromatic carbocycles. The number of amides is 3. The fourth-order valence-electron chi connectivity index (χ4n) is 6.37. The maximum atomic E-state index is 13.2. The predicted octanol–water partition coefficient (Wildman–Crippen LogP) is 4.10. The van der Waals surface area contributed by atoms with Crippen molar-refractivity contribution in [2.75, 3.05) is 36.4 Å². The molecular formula is C32H43N5O3. The van der Waals surface area contributed by atoms with Crippen molar-refractivity contribution in [2.45, 2.75) is 76.3 Å². The van der Waals surface area contributed by atoms with Gasteiger partial charge in [0.25, 0.3) is 5.91 Å². The summed E-state index contributed by atoms with van der Waals surface area (Å²) in [6.07, 6.45) is 9.03. The summed E-state index contributed by atoms with van der Waals surface area (Å²) in [5.41, 5.74) is 9.02. The molecule has 2 saturated carbocycles. The molecular weight excluding hydrogens is 502 g/mol. The van der Waals surface area contributed by atoms with E-state index in [1.807, 2.05) is 47.4 Å². The summed E-state index contributed by atoms with van der Waals surface area (Å²) >= 11 is 0. The van der Waals surface area contributed by atoms with E-state index >= 15 is 0 Å². The quantitative estimate of drug-likeness (QED) is 0.486. The van der Waals surface area contributed by atoms with Crippen LogP contribution in [0, 0.1) is 5.92 Å². The third-order valence-electron chi connectivity index (χ3n) is 8.70. The third kappa shape index (κ3) is 7.22. The maximum Gasteiger partial charge on any atom is 0.251 e. The normalized spacial score (nSPS) is 22.0. The zero-order valence-electron chi connectivity index (χ0n) is 23.4. The number of carbonyl (C=O) groups is 3. The summed E-state index contributed by atoms with van der Waals surface area (Å²) in [4.78, 5) is 43.7. The summed E-state index contributed by atoms with van der Waals surface area (Å²) < 4.78 is 0. The average Bonchev–Trinajstić information content (AvgIpc) is 3.39. The standard InChI is InChI=1S/C32H43N5O3/c33-26-12-14-27(15-13-26)34-31(39)25-11-16-29(28(22-25)35-30(38)21-23-7-2-1-3-8-23)36-17-6-18-37(20-19-36)32(40)24-9-4-5-10-24/h1-3,7-8,11,16,22,24,26-27H,4-6,9-10,12-15,17-21,33H2,(H,34,39)(H,35,38). The largest absolute Gasteiger partial charge is 0.368 e. The predicted molar refractivity (Wildman–Crippen MR) is 158 cm³/mol. The van der Waals surface area contributed by atoms with Crippen molar-refractivity contribution in [1.82, 2.24) is 10.2 Å². The van der Waals surface area contributed by atoms with E-state index in [9.17, 15) is 14.4 Å². The lowest BCUT2D eigenvalue weighted by atomic mass is 9.91. The summed E-state index contributed by atoms with van der Waals surface area (Å²) in [5.74, 6) is 0.220. The number of anilines is 2. The molecule has 2 aliphatic carbocycles. The Morgan fingerprint density at radius 2 is 1.57 bits per heavy atom. The number of hydrogen-bond donors (Lipinski definition) is 3. The van der Waals surface area contributed by atoms with Gasteiger partial charge in [-0.25, -0.2) is 0 Å². The SMILES string of the molecule is NC1CCC(NC(=O)c2ccc(N3CCCN(C(=O)C4CCCC4)CC3)c(NC(=O)Cc3ccccc3)c2)CC1. The number of nitrogens with one attached hydrogen (secondary N) is 2. The Labute approximate surface area is 237 Å². The minimum absolute atomic E-state index is 0.122. The van der Waals surface area contributed by atoms with Crippen LogP contribution in [0.1, 0.15) is 73.7 Å². The van der Waals surface area contributed by atoms with E-state index in [1.165, 1.54) is 0 Å². The molecule has 0 bridgehead atoms. The van der Waals surface area contributed by atoms with Gasteiger partial charge in [-0.3, -0.25) is 14.4 Å². The van der Waals surface area contributed by atoms with Crippen molar-refractivity contribution in [3.05, 3.63) is 59.7 Å². The molecule has 0 radical (unpaired) electrons. The van der Waals surface area contributed by atoms with E-state index in [0.717, 1.165) is 82.1 Å². The molecule has 0 atom stereocenters. The van der Waals surface area contributed by atoms with Crippen molar-refractivity contribution in [3.8, 4) is 0 Å². The first-order chi connectivity index (χ1) is 19.5. The number of carbonyl (C=O) groups excluding carboxylic acids is 3. The van der Waals surface area contributed by atoms with Crippen molar-refractivity contribution in [2.24, 2.45) is 11.7 Å². The topological polar surface area (TPSA) is 108 Å². The first-order valence-corrected chi connectivity index (χ1v) is 15.0. The lowest BCUT2D eigenvalue weighted by Crippen LogP contribution is -2.40. The zero-order valence-corrected chi connectivity index (χ0v) is 23.4. The molecule has 214 valence electrons. The minimum Gasteiger partial charge on any atom is -0.368 e. The number of nitrogens with two attached hydrogens (primary N) is 1. The van der Waals surface area contributed by atoms with Crippen LogP contribution in [-0.2, 0) is 16.0 Å². The van der Waals surface area contributed by atoms with Crippen LogP contribution in [0.5, 0.6) is 0 Å². The summed E-state index contributed by atoms with van der Waals surface area (Å²) in [6, 6.07) is 15.6. The minimum atomic E-state index is -0.130. The second kappa shape index (κ2) is 13.3. The van der Waals surface area contributed by atoms with Gasteiger partial charge in [-0.2, -0.15) is 0 Å². The van der Waals surface area contributed by atoms with Gasteiger partial charge in [0.2, 0.25) is 11.8 Å². The van der Waals surface area contributed by atoms with Gasteiger partial charge >= 0.3 is 0 Å². The second-order valence-electron chi connectivity index (χ2n) is 11.7. The molecule has 8 heteroatoms. The van der Waals surface area contributed by atoms with E-state index in [1.54, 1.807) is 6.07 Å². The molecule has 1 saturated heterocycles. The molecule has 4 N–H and O–H groups in total.